The number of halogens is 4. The summed E-state index contributed by atoms with van der Waals surface area (Å²) in [6.45, 7) is 3.50. The van der Waals surface area contributed by atoms with Crippen LogP contribution in [0.2, 0.25) is 0 Å². The summed E-state index contributed by atoms with van der Waals surface area (Å²) in [7, 11) is 0. The summed E-state index contributed by atoms with van der Waals surface area (Å²) in [5, 5.41) is 2.75. The van der Waals surface area contributed by atoms with Crippen LogP contribution in [-0.2, 0) is 11.0 Å². The van der Waals surface area contributed by atoms with Crippen molar-refractivity contribution in [1.29, 1.82) is 0 Å². The Balaban J connectivity index is 2.50. The quantitative estimate of drug-likeness (QED) is 0.717. The Kier molecular flexibility index (Phi) is 5.14. The van der Waals surface area contributed by atoms with Crippen molar-refractivity contribution < 1.29 is 18.0 Å². The van der Waals surface area contributed by atoms with Crippen LogP contribution in [0.15, 0.2) is 46.9 Å². The van der Waals surface area contributed by atoms with Gasteiger partial charge in [-0.05, 0) is 35.9 Å². The number of anilines is 1. The van der Waals surface area contributed by atoms with E-state index in [1.807, 2.05) is 0 Å². The van der Waals surface area contributed by atoms with Gasteiger partial charge in [-0.3, -0.25) is 4.79 Å². The van der Waals surface area contributed by atoms with Crippen LogP contribution in [0.5, 0.6) is 0 Å². The SMILES string of the molecule is CC(C)C(=O)Nc1ccc(Br)cc1-c1cccc(C(F)(F)F)c1. The lowest BCUT2D eigenvalue weighted by Crippen LogP contribution is -2.18. The Hall–Kier alpha value is -1.82. The van der Waals surface area contributed by atoms with E-state index in [0.29, 0.717) is 21.3 Å². The average Bonchev–Trinajstić information content (AvgIpc) is 2.48. The van der Waals surface area contributed by atoms with Crippen LogP contribution in [0.1, 0.15) is 19.4 Å². The number of alkyl halides is 3. The first-order valence-electron chi connectivity index (χ1n) is 6.96. The van der Waals surface area contributed by atoms with Gasteiger partial charge in [-0.1, -0.05) is 41.9 Å². The molecule has 2 rings (SSSR count). The summed E-state index contributed by atoms with van der Waals surface area (Å²) >= 11 is 3.31. The third kappa shape index (κ3) is 4.34. The summed E-state index contributed by atoms with van der Waals surface area (Å²) in [6, 6.07) is 10.1. The van der Waals surface area contributed by atoms with E-state index in [-0.39, 0.29) is 11.8 Å². The van der Waals surface area contributed by atoms with Crippen molar-refractivity contribution in [3.05, 3.63) is 52.5 Å². The van der Waals surface area contributed by atoms with Crippen LogP contribution in [0.4, 0.5) is 18.9 Å². The van der Waals surface area contributed by atoms with Gasteiger partial charge in [0.15, 0.2) is 0 Å². The van der Waals surface area contributed by atoms with Crippen molar-refractivity contribution in [2.24, 2.45) is 5.92 Å². The molecule has 2 nitrogen and oxygen atoms in total. The second-order valence-corrected chi connectivity index (χ2v) is 6.33. The molecular formula is C17H15BrF3NO. The molecule has 1 amide bonds. The first-order chi connectivity index (χ1) is 10.7. The van der Waals surface area contributed by atoms with Crippen molar-refractivity contribution in [3.63, 3.8) is 0 Å². The Morgan fingerprint density at radius 1 is 1.13 bits per heavy atom. The number of nitrogens with one attached hydrogen (secondary N) is 1. The summed E-state index contributed by atoms with van der Waals surface area (Å²) in [5.74, 6) is -0.423. The van der Waals surface area contributed by atoms with E-state index in [0.717, 1.165) is 12.1 Å². The third-order valence-corrected chi connectivity index (χ3v) is 3.76. The highest BCUT2D eigenvalue weighted by Gasteiger charge is 2.30. The summed E-state index contributed by atoms with van der Waals surface area (Å²) < 4.78 is 39.4. The van der Waals surface area contributed by atoms with Gasteiger partial charge in [0.1, 0.15) is 0 Å². The van der Waals surface area contributed by atoms with Gasteiger partial charge in [-0.15, -0.1) is 0 Å². The molecule has 0 bridgehead atoms. The molecule has 122 valence electrons. The molecule has 0 aliphatic heterocycles. The zero-order valence-corrected chi connectivity index (χ0v) is 14.1. The normalized spacial score (nSPS) is 11.6. The second kappa shape index (κ2) is 6.74. The van der Waals surface area contributed by atoms with E-state index in [1.54, 1.807) is 38.1 Å². The molecule has 1 N–H and O–H groups in total. The molecule has 0 atom stereocenters. The van der Waals surface area contributed by atoms with Crippen LogP contribution in [0.25, 0.3) is 11.1 Å². The maximum atomic E-state index is 12.9. The van der Waals surface area contributed by atoms with Gasteiger partial charge in [0.05, 0.1) is 5.56 Å². The van der Waals surface area contributed by atoms with Crippen molar-refractivity contribution in [2.75, 3.05) is 5.32 Å². The number of benzene rings is 2. The summed E-state index contributed by atoms with van der Waals surface area (Å²) in [5.41, 5.74) is 0.669. The molecule has 0 spiro atoms. The molecule has 0 fully saturated rings. The van der Waals surface area contributed by atoms with E-state index < -0.39 is 11.7 Å². The number of hydrogen-bond donors (Lipinski definition) is 1. The lowest BCUT2D eigenvalue weighted by molar-refractivity contribution is -0.137. The number of amides is 1. The minimum Gasteiger partial charge on any atom is -0.325 e. The van der Waals surface area contributed by atoms with Gasteiger partial charge in [0.25, 0.3) is 0 Å². The third-order valence-electron chi connectivity index (χ3n) is 3.26. The molecular weight excluding hydrogens is 371 g/mol. The van der Waals surface area contributed by atoms with Gasteiger partial charge < -0.3 is 5.32 Å². The molecule has 0 saturated carbocycles. The van der Waals surface area contributed by atoms with Crippen molar-refractivity contribution in [3.8, 4) is 11.1 Å². The molecule has 2 aromatic carbocycles. The maximum Gasteiger partial charge on any atom is 0.416 e. The molecule has 0 radical (unpaired) electrons. The lowest BCUT2D eigenvalue weighted by atomic mass is 10.0. The monoisotopic (exact) mass is 385 g/mol. The molecule has 23 heavy (non-hydrogen) atoms. The molecule has 0 aromatic heterocycles. The number of carbonyl (C=O) groups is 1. The standard InChI is InChI=1S/C17H15BrF3NO/c1-10(2)16(23)22-15-7-6-13(18)9-14(15)11-4-3-5-12(8-11)17(19,20)21/h3-10H,1-2H3,(H,22,23). The van der Waals surface area contributed by atoms with E-state index in [4.69, 9.17) is 0 Å². The van der Waals surface area contributed by atoms with E-state index in [1.165, 1.54) is 6.07 Å². The zero-order valence-electron chi connectivity index (χ0n) is 12.5. The van der Waals surface area contributed by atoms with Gasteiger partial charge in [-0.2, -0.15) is 13.2 Å². The Morgan fingerprint density at radius 2 is 1.83 bits per heavy atom. The smallest absolute Gasteiger partial charge is 0.325 e. The maximum absolute atomic E-state index is 12.9. The highest BCUT2D eigenvalue weighted by molar-refractivity contribution is 9.10. The van der Waals surface area contributed by atoms with E-state index in [9.17, 15) is 18.0 Å². The van der Waals surface area contributed by atoms with Crippen molar-refractivity contribution in [1.82, 2.24) is 0 Å². The molecule has 0 aliphatic rings. The van der Waals surface area contributed by atoms with Gasteiger partial charge in [-0.25, -0.2) is 0 Å². The zero-order chi connectivity index (χ0) is 17.2. The van der Waals surface area contributed by atoms with Gasteiger partial charge in [0.2, 0.25) is 5.91 Å². The molecule has 2 aromatic rings. The molecule has 0 heterocycles. The van der Waals surface area contributed by atoms with Crippen LogP contribution in [0, 0.1) is 5.92 Å². The fraction of sp³-hybridized carbons (Fsp3) is 0.235. The van der Waals surface area contributed by atoms with Crippen LogP contribution >= 0.6 is 15.9 Å². The fourth-order valence-electron chi connectivity index (χ4n) is 2.00. The second-order valence-electron chi connectivity index (χ2n) is 5.41. The first-order valence-corrected chi connectivity index (χ1v) is 7.76. The fourth-order valence-corrected chi connectivity index (χ4v) is 2.37. The van der Waals surface area contributed by atoms with Crippen LogP contribution in [-0.4, -0.2) is 5.91 Å². The topological polar surface area (TPSA) is 29.1 Å². The highest BCUT2D eigenvalue weighted by atomic mass is 79.9. The highest BCUT2D eigenvalue weighted by Crippen LogP contribution is 2.35. The Morgan fingerprint density at radius 3 is 2.43 bits per heavy atom. The van der Waals surface area contributed by atoms with Crippen LogP contribution < -0.4 is 5.32 Å². The first kappa shape index (κ1) is 17.5. The number of carbonyl (C=O) groups excluding carboxylic acids is 1. The predicted octanol–water partition coefficient (Wildman–Crippen LogP) is 5.73. The average molecular weight is 386 g/mol. The molecule has 0 aliphatic carbocycles. The Labute approximate surface area is 140 Å². The van der Waals surface area contributed by atoms with Crippen molar-refractivity contribution in [2.45, 2.75) is 20.0 Å². The number of hydrogen-bond acceptors (Lipinski definition) is 1. The lowest BCUT2D eigenvalue weighted by Gasteiger charge is -2.15. The largest absolute Gasteiger partial charge is 0.416 e. The molecule has 6 heteroatoms. The minimum absolute atomic E-state index is 0.194. The van der Waals surface area contributed by atoms with E-state index >= 15 is 0 Å². The number of rotatable bonds is 3. The van der Waals surface area contributed by atoms with Gasteiger partial charge in [0, 0.05) is 21.6 Å². The van der Waals surface area contributed by atoms with Crippen molar-refractivity contribution >= 4 is 27.5 Å². The molecule has 0 saturated heterocycles. The summed E-state index contributed by atoms with van der Waals surface area (Å²) in [6.07, 6.45) is -4.41. The molecule has 0 unspecified atom stereocenters. The summed E-state index contributed by atoms with van der Waals surface area (Å²) in [4.78, 5) is 11.9. The van der Waals surface area contributed by atoms with Crippen LogP contribution in [0.3, 0.4) is 0 Å². The van der Waals surface area contributed by atoms with Gasteiger partial charge >= 0.3 is 6.18 Å². The minimum atomic E-state index is -4.41. The predicted molar refractivity (Wildman–Crippen MR) is 88.0 cm³/mol. The van der Waals surface area contributed by atoms with E-state index in [2.05, 4.69) is 21.2 Å². The Bertz CT molecular complexity index is 726.